The van der Waals surface area contributed by atoms with E-state index in [9.17, 15) is 8.42 Å². The molecular weight excluding hydrogens is 224 g/mol. The molecule has 1 aliphatic heterocycles. The minimum absolute atomic E-state index is 0.0476. The Morgan fingerprint density at radius 3 is 2.94 bits per heavy atom. The molecule has 0 aliphatic carbocycles. The van der Waals surface area contributed by atoms with Crippen LogP contribution in [0.3, 0.4) is 0 Å². The van der Waals surface area contributed by atoms with Gasteiger partial charge in [0.2, 0.25) is 0 Å². The second-order valence-corrected chi connectivity index (χ2v) is 6.28. The fourth-order valence-electron chi connectivity index (χ4n) is 1.97. The maximum Gasteiger partial charge on any atom is 0.157 e. The Morgan fingerprint density at radius 2 is 2.31 bits per heavy atom. The highest BCUT2D eigenvalue weighted by molar-refractivity contribution is 7.90. The van der Waals surface area contributed by atoms with Crippen LogP contribution < -0.4 is 5.32 Å². The molecule has 0 aromatic carbocycles. The third kappa shape index (κ3) is 3.28. The Hall–Kier alpha value is -0.940. The number of hydrogen-bond donors (Lipinski definition) is 1. The van der Waals surface area contributed by atoms with E-state index in [2.05, 4.69) is 10.3 Å². The third-order valence-electron chi connectivity index (χ3n) is 2.71. The predicted octanol–water partition coefficient (Wildman–Crippen LogP) is 0.748. The molecule has 2 rings (SSSR count). The zero-order valence-electron chi connectivity index (χ0n) is 9.09. The molecule has 4 nitrogen and oxygen atoms in total. The van der Waals surface area contributed by atoms with E-state index in [1.165, 1.54) is 0 Å². The Morgan fingerprint density at radius 1 is 1.44 bits per heavy atom. The van der Waals surface area contributed by atoms with E-state index in [0.29, 0.717) is 5.69 Å². The van der Waals surface area contributed by atoms with Crippen molar-refractivity contribution in [3.8, 4) is 0 Å². The van der Waals surface area contributed by atoms with Crippen LogP contribution in [0.2, 0.25) is 0 Å². The zero-order valence-corrected chi connectivity index (χ0v) is 9.91. The highest BCUT2D eigenvalue weighted by Crippen LogP contribution is 2.11. The summed E-state index contributed by atoms with van der Waals surface area (Å²) in [6.45, 7) is 0.934. The van der Waals surface area contributed by atoms with Gasteiger partial charge in [0.1, 0.15) is 0 Å². The van der Waals surface area contributed by atoms with E-state index in [1.807, 2.05) is 6.07 Å². The molecule has 1 aromatic heterocycles. The van der Waals surface area contributed by atoms with Crippen molar-refractivity contribution in [1.29, 1.82) is 0 Å². The Labute approximate surface area is 96.0 Å². The van der Waals surface area contributed by atoms with Crippen molar-refractivity contribution in [2.24, 2.45) is 0 Å². The van der Waals surface area contributed by atoms with Crippen LogP contribution in [-0.4, -0.2) is 31.7 Å². The van der Waals surface area contributed by atoms with E-state index in [0.717, 1.165) is 19.4 Å². The number of pyridine rings is 1. The molecule has 2 heterocycles. The fourth-order valence-corrected chi connectivity index (χ4v) is 3.61. The Kier molecular flexibility index (Phi) is 3.56. The van der Waals surface area contributed by atoms with Gasteiger partial charge in [0.15, 0.2) is 9.84 Å². The average molecular weight is 240 g/mol. The highest BCUT2D eigenvalue weighted by Gasteiger charge is 2.22. The molecule has 1 aromatic rings. The van der Waals surface area contributed by atoms with Gasteiger partial charge in [0, 0.05) is 12.2 Å². The van der Waals surface area contributed by atoms with Crippen molar-refractivity contribution < 1.29 is 8.42 Å². The van der Waals surface area contributed by atoms with E-state index in [1.54, 1.807) is 18.3 Å². The topological polar surface area (TPSA) is 59.1 Å². The van der Waals surface area contributed by atoms with Gasteiger partial charge < -0.3 is 5.32 Å². The zero-order chi connectivity index (χ0) is 11.4. The molecule has 1 aliphatic rings. The highest BCUT2D eigenvalue weighted by atomic mass is 32.2. The summed E-state index contributed by atoms with van der Waals surface area (Å²) in [6.07, 6.45) is 3.66. The Balaban J connectivity index is 1.97. The first-order chi connectivity index (χ1) is 7.66. The lowest BCUT2D eigenvalue weighted by atomic mass is 10.3. The van der Waals surface area contributed by atoms with Gasteiger partial charge in [-0.1, -0.05) is 6.07 Å². The first-order valence-electron chi connectivity index (χ1n) is 5.49. The molecule has 88 valence electrons. The minimum atomic E-state index is -3.04. The summed E-state index contributed by atoms with van der Waals surface area (Å²) < 4.78 is 23.8. The number of nitrogens with one attached hydrogen (secondary N) is 1. The van der Waals surface area contributed by atoms with E-state index in [-0.39, 0.29) is 17.5 Å². The second kappa shape index (κ2) is 4.93. The van der Waals surface area contributed by atoms with Crippen LogP contribution in [0.15, 0.2) is 24.4 Å². The van der Waals surface area contributed by atoms with E-state index < -0.39 is 9.84 Å². The molecule has 0 bridgehead atoms. The summed E-state index contributed by atoms with van der Waals surface area (Å²) in [6, 6.07) is 5.48. The average Bonchev–Trinajstić information content (AvgIpc) is 2.70. The number of nitrogens with zero attached hydrogens (tertiary/aromatic N) is 1. The van der Waals surface area contributed by atoms with Crippen LogP contribution >= 0.6 is 0 Å². The van der Waals surface area contributed by atoms with Crippen LogP contribution in [0.5, 0.6) is 0 Å². The van der Waals surface area contributed by atoms with Crippen LogP contribution in [0.25, 0.3) is 0 Å². The minimum Gasteiger partial charge on any atom is -0.313 e. The number of aromatic nitrogens is 1. The molecule has 16 heavy (non-hydrogen) atoms. The van der Waals surface area contributed by atoms with Crippen LogP contribution in [0.1, 0.15) is 18.5 Å². The van der Waals surface area contributed by atoms with Gasteiger partial charge in [-0.15, -0.1) is 0 Å². The standard InChI is InChI=1S/C11H16N2O2S/c14-16(15,9-11-5-3-7-13-11)8-10-4-1-2-6-12-10/h1-2,4,6,11,13H,3,5,7-9H2. The maximum atomic E-state index is 11.9. The predicted molar refractivity (Wildman–Crippen MR) is 62.8 cm³/mol. The van der Waals surface area contributed by atoms with Crippen molar-refractivity contribution in [3.63, 3.8) is 0 Å². The van der Waals surface area contributed by atoms with Crippen LogP contribution in [-0.2, 0) is 15.6 Å². The summed E-state index contributed by atoms with van der Waals surface area (Å²) in [5, 5.41) is 3.20. The molecule has 1 saturated heterocycles. The van der Waals surface area contributed by atoms with Gasteiger partial charge in [0.05, 0.1) is 17.2 Å². The SMILES string of the molecule is O=S(=O)(Cc1ccccn1)CC1CCCN1. The van der Waals surface area contributed by atoms with Crippen molar-refractivity contribution in [3.05, 3.63) is 30.1 Å². The molecule has 0 spiro atoms. The molecule has 0 amide bonds. The normalized spacial score (nSPS) is 21.1. The molecule has 0 radical (unpaired) electrons. The Bertz CT molecular complexity index is 425. The quantitative estimate of drug-likeness (QED) is 0.843. The van der Waals surface area contributed by atoms with Crippen molar-refractivity contribution in [2.75, 3.05) is 12.3 Å². The first kappa shape index (κ1) is 11.5. The van der Waals surface area contributed by atoms with E-state index in [4.69, 9.17) is 0 Å². The molecular formula is C11H16N2O2S. The van der Waals surface area contributed by atoms with Crippen LogP contribution in [0.4, 0.5) is 0 Å². The summed E-state index contributed by atoms with van der Waals surface area (Å²) >= 11 is 0. The number of hydrogen-bond acceptors (Lipinski definition) is 4. The van der Waals surface area contributed by atoms with Gasteiger partial charge in [-0.25, -0.2) is 8.42 Å². The summed E-state index contributed by atoms with van der Waals surface area (Å²) in [4.78, 5) is 4.04. The molecule has 1 unspecified atom stereocenters. The van der Waals surface area contributed by atoms with Gasteiger partial charge in [-0.2, -0.15) is 0 Å². The van der Waals surface area contributed by atoms with Gasteiger partial charge in [0.25, 0.3) is 0 Å². The summed E-state index contributed by atoms with van der Waals surface area (Å²) in [5.74, 6) is 0.273. The smallest absolute Gasteiger partial charge is 0.157 e. The summed E-state index contributed by atoms with van der Waals surface area (Å²) in [7, 11) is -3.04. The third-order valence-corrected chi connectivity index (χ3v) is 4.36. The number of sulfone groups is 1. The van der Waals surface area contributed by atoms with E-state index >= 15 is 0 Å². The molecule has 1 N–H and O–H groups in total. The van der Waals surface area contributed by atoms with Crippen LogP contribution in [0, 0.1) is 0 Å². The lowest BCUT2D eigenvalue weighted by Gasteiger charge is -2.10. The van der Waals surface area contributed by atoms with Crippen molar-refractivity contribution >= 4 is 9.84 Å². The largest absolute Gasteiger partial charge is 0.313 e. The van der Waals surface area contributed by atoms with Crippen molar-refractivity contribution in [2.45, 2.75) is 24.6 Å². The lowest BCUT2D eigenvalue weighted by Crippen LogP contribution is -2.30. The lowest BCUT2D eigenvalue weighted by molar-refractivity contribution is 0.575. The first-order valence-corrected chi connectivity index (χ1v) is 7.31. The fraction of sp³-hybridized carbons (Fsp3) is 0.545. The van der Waals surface area contributed by atoms with Crippen molar-refractivity contribution in [1.82, 2.24) is 10.3 Å². The molecule has 1 fully saturated rings. The van der Waals surface area contributed by atoms with Gasteiger partial charge in [-0.3, -0.25) is 4.98 Å². The monoisotopic (exact) mass is 240 g/mol. The molecule has 0 saturated carbocycles. The molecule has 1 atom stereocenters. The van der Waals surface area contributed by atoms with Gasteiger partial charge in [-0.05, 0) is 31.5 Å². The van der Waals surface area contributed by atoms with Gasteiger partial charge >= 0.3 is 0 Å². The summed E-state index contributed by atoms with van der Waals surface area (Å²) in [5.41, 5.74) is 0.625. The molecule has 5 heteroatoms. The second-order valence-electron chi connectivity index (χ2n) is 4.17. The number of rotatable bonds is 4. The maximum absolute atomic E-state index is 11.9.